The number of ether oxygens (including phenoxy) is 1. The van der Waals surface area contributed by atoms with Crippen LogP contribution in [0.15, 0.2) is 57.9 Å². The third-order valence-corrected chi connectivity index (χ3v) is 8.23. The summed E-state index contributed by atoms with van der Waals surface area (Å²) in [6, 6.07) is 11.6. The number of rotatable bonds is 7. The topological polar surface area (TPSA) is 84.0 Å². The highest BCUT2D eigenvalue weighted by Crippen LogP contribution is 2.36. The number of halogens is 1. The summed E-state index contributed by atoms with van der Waals surface area (Å²) in [5.41, 5.74) is -0.480. The van der Waals surface area contributed by atoms with Crippen molar-refractivity contribution in [3.8, 4) is 5.75 Å². The number of nitrogens with zero attached hydrogens (tertiary/aromatic N) is 2. The van der Waals surface area contributed by atoms with Crippen molar-refractivity contribution in [1.82, 2.24) is 4.31 Å². The molecule has 0 bridgehead atoms. The van der Waals surface area contributed by atoms with Crippen LogP contribution in [0.3, 0.4) is 0 Å². The summed E-state index contributed by atoms with van der Waals surface area (Å²) in [4.78, 5) is 27.3. The average Bonchev–Trinajstić information content (AvgIpc) is 3.02. The van der Waals surface area contributed by atoms with Crippen LogP contribution >= 0.6 is 15.9 Å². The Hall–Kier alpha value is -2.23. The van der Waals surface area contributed by atoms with Gasteiger partial charge in [-0.1, -0.05) is 22.9 Å². The average molecular weight is 509 g/mol. The van der Waals surface area contributed by atoms with Gasteiger partial charge in [0.25, 0.3) is 5.91 Å². The highest BCUT2D eigenvalue weighted by molar-refractivity contribution is 9.10. The van der Waals surface area contributed by atoms with Crippen molar-refractivity contribution in [2.75, 3.05) is 12.0 Å². The maximum atomic E-state index is 13.7. The molecule has 1 fully saturated rings. The quantitative estimate of drug-likeness (QED) is 0.528. The highest BCUT2D eigenvalue weighted by atomic mass is 79.9. The molecule has 1 aliphatic rings. The minimum atomic E-state index is -4.08. The number of hydrogen-bond acceptors (Lipinski definition) is 5. The first kappa shape index (κ1) is 23.4. The van der Waals surface area contributed by atoms with Gasteiger partial charge in [-0.25, -0.2) is 13.3 Å². The molecule has 9 heteroatoms. The Balaban J connectivity index is 2.06. The van der Waals surface area contributed by atoms with E-state index in [-0.39, 0.29) is 11.3 Å². The van der Waals surface area contributed by atoms with E-state index in [2.05, 4.69) is 15.9 Å². The number of sulfonamides is 1. The maximum absolute atomic E-state index is 13.7. The molecule has 0 radical (unpaired) electrons. The van der Waals surface area contributed by atoms with Crippen molar-refractivity contribution < 1.29 is 22.7 Å². The van der Waals surface area contributed by atoms with Crippen LogP contribution in [0.2, 0.25) is 0 Å². The Kier molecular flexibility index (Phi) is 6.59. The Bertz CT molecular complexity index is 1080. The Morgan fingerprint density at radius 3 is 2.19 bits per heavy atom. The Labute approximate surface area is 191 Å². The highest BCUT2D eigenvalue weighted by Gasteiger charge is 2.51. The standard InChI is InChI=1S/C22H25BrN2O5S/c1-5-22(2,3)25(31(28,29)18-12-10-17(30-4)11-13-18)19-14-20(26)24(21(19)27)16-8-6-15(23)7-9-16/h6-13,19H,5,14H2,1-4H3. The molecule has 1 unspecified atom stereocenters. The molecule has 0 saturated carbocycles. The molecule has 2 aromatic rings. The third kappa shape index (κ3) is 4.40. The second-order valence-electron chi connectivity index (χ2n) is 7.91. The van der Waals surface area contributed by atoms with Crippen LogP contribution in [0.25, 0.3) is 0 Å². The number of amides is 2. The van der Waals surface area contributed by atoms with E-state index in [1.165, 1.54) is 23.5 Å². The fourth-order valence-corrected chi connectivity index (χ4v) is 5.84. The van der Waals surface area contributed by atoms with Crippen LogP contribution in [0.1, 0.15) is 33.6 Å². The van der Waals surface area contributed by atoms with E-state index in [0.29, 0.717) is 17.9 Å². The molecular formula is C22H25BrN2O5S. The predicted octanol–water partition coefficient (Wildman–Crippen LogP) is 3.97. The molecule has 0 spiro atoms. The fraction of sp³-hybridized carbons (Fsp3) is 0.364. The van der Waals surface area contributed by atoms with Crippen molar-refractivity contribution in [1.29, 1.82) is 0 Å². The van der Waals surface area contributed by atoms with Gasteiger partial charge in [0.05, 0.1) is 24.1 Å². The van der Waals surface area contributed by atoms with Crippen molar-refractivity contribution >= 4 is 43.5 Å². The summed E-state index contributed by atoms with van der Waals surface area (Å²) in [5.74, 6) is -0.459. The molecule has 0 aromatic heterocycles. The maximum Gasteiger partial charge on any atom is 0.252 e. The predicted molar refractivity (Wildman–Crippen MR) is 121 cm³/mol. The van der Waals surface area contributed by atoms with Gasteiger partial charge in [0, 0.05) is 10.0 Å². The third-order valence-electron chi connectivity index (χ3n) is 5.57. The summed E-state index contributed by atoms with van der Waals surface area (Å²) in [6.07, 6.45) is 0.242. The van der Waals surface area contributed by atoms with Crippen LogP contribution in [0, 0.1) is 0 Å². The number of methoxy groups -OCH3 is 1. The van der Waals surface area contributed by atoms with E-state index in [1.807, 2.05) is 6.92 Å². The van der Waals surface area contributed by atoms with E-state index in [9.17, 15) is 18.0 Å². The van der Waals surface area contributed by atoms with Gasteiger partial charge in [-0.2, -0.15) is 4.31 Å². The SMILES string of the molecule is CCC(C)(C)N(C1CC(=O)N(c2ccc(Br)cc2)C1=O)S(=O)(=O)c1ccc(OC)cc1. The molecule has 0 aliphatic carbocycles. The van der Waals surface area contributed by atoms with Gasteiger partial charge in [0.2, 0.25) is 15.9 Å². The molecule has 166 valence electrons. The van der Waals surface area contributed by atoms with Gasteiger partial charge in [-0.3, -0.25) is 9.59 Å². The lowest BCUT2D eigenvalue weighted by atomic mass is 10.00. The number of carbonyl (C=O) groups excluding carboxylic acids is 2. The number of benzene rings is 2. The molecule has 3 rings (SSSR count). The van der Waals surface area contributed by atoms with E-state index in [1.54, 1.807) is 50.2 Å². The zero-order valence-electron chi connectivity index (χ0n) is 17.8. The summed E-state index contributed by atoms with van der Waals surface area (Å²) < 4.78 is 34.4. The van der Waals surface area contributed by atoms with Crippen molar-refractivity contribution in [3.05, 3.63) is 53.0 Å². The minimum Gasteiger partial charge on any atom is -0.497 e. The van der Waals surface area contributed by atoms with Gasteiger partial charge >= 0.3 is 0 Å². The van der Waals surface area contributed by atoms with Gasteiger partial charge in [-0.15, -0.1) is 0 Å². The Morgan fingerprint density at radius 1 is 1.10 bits per heavy atom. The van der Waals surface area contributed by atoms with Gasteiger partial charge in [0.15, 0.2) is 0 Å². The van der Waals surface area contributed by atoms with Crippen LogP contribution in [-0.4, -0.2) is 43.2 Å². The van der Waals surface area contributed by atoms with Gasteiger partial charge < -0.3 is 4.74 Å². The zero-order chi connectivity index (χ0) is 23.0. The molecule has 2 aromatic carbocycles. The molecule has 1 saturated heterocycles. The molecule has 2 amide bonds. The van der Waals surface area contributed by atoms with E-state index in [4.69, 9.17) is 4.74 Å². The lowest BCUT2D eigenvalue weighted by Crippen LogP contribution is -2.55. The molecule has 7 nitrogen and oxygen atoms in total. The summed E-state index contributed by atoms with van der Waals surface area (Å²) in [5, 5.41) is 0. The largest absolute Gasteiger partial charge is 0.497 e. The second-order valence-corrected chi connectivity index (χ2v) is 10.6. The van der Waals surface area contributed by atoms with E-state index in [0.717, 1.165) is 9.37 Å². The molecule has 1 atom stereocenters. The van der Waals surface area contributed by atoms with Crippen molar-refractivity contribution in [2.45, 2.75) is 50.1 Å². The summed E-state index contributed by atoms with van der Waals surface area (Å²) in [7, 11) is -2.58. The molecule has 0 N–H and O–H groups in total. The van der Waals surface area contributed by atoms with Crippen LogP contribution in [-0.2, 0) is 19.6 Å². The number of hydrogen-bond donors (Lipinski definition) is 0. The lowest BCUT2D eigenvalue weighted by Gasteiger charge is -2.39. The van der Waals surface area contributed by atoms with E-state index >= 15 is 0 Å². The van der Waals surface area contributed by atoms with Gasteiger partial charge in [-0.05, 0) is 68.8 Å². The van der Waals surface area contributed by atoms with Crippen molar-refractivity contribution in [3.63, 3.8) is 0 Å². The monoisotopic (exact) mass is 508 g/mol. The van der Waals surface area contributed by atoms with Crippen LogP contribution in [0.4, 0.5) is 5.69 Å². The van der Waals surface area contributed by atoms with Crippen LogP contribution in [0.5, 0.6) is 5.75 Å². The lowest BCUT2D eigenvalue weighted by molar-refractivity contribution is -0.122. The van der Waals surface area contributed by atoms with Gasteiger partial charge in [0.1, 0.15) is 11.8 Å². The summed E-state index contributed by atoms with van der Waals surface area (Å²) >= 11 is 3.33. The van der Waals surface area contributed by atoms with Crippen LogP contribution < -0.4 is 9.64 Å². The first-order chi connectivity index (χ1) is 14.5. The number of imide groups is 1. The first-order valence-corrected chi connectivity index (χ1v) is 12.1. The zero-order valence-corrected chi connectivity index (χ0v) is 20.2. The van der Waals surface area contributed by atoms with Crippen molar-refractivity contribution in [2.24, 2.45) is 0 Å². The minimum absolute atomic E-state index is 0.0390. The number of anilines is 1. The fourth-order valence-electron chi connectivity index (χ4n) is 3.59. The second kappa shape index (κ2) is 8.72. The normalized spacial score (nSPS) is 17.5. The molecular weight excluding hydrogens is 484 g/mol. The van der Waals surface area contributed by atoms with E-state index < -0.39 is 33.4 Å². The summed E-state index contributed by atoms with van der Waals surface area (Å²) in [6.45, 7) is 5.37. The molecule has 31 heavy (non-hydrogen) atoms. The number of carbonyl (C=O) groups is 2. The Morgan fingerprint density at radius 2 is 1.68 bits per heavy atom. The first-order valence-electron chi connectivity index (χ1n) is 9.84. The molecule has 1 heterocycles. The molecule has 1 aliphatic heterocycles. The smallest absolute Gasteiger partial charge is 0.252 e.